The van der Waals surface area contributed by atoms with Gasteiger partial charge in [0.1, 0.15) is 5.75 Å². The van der Waals surface area contributed by atoms with E-state index in [0.717, 1.165) is 24.9 Å². The number of anilines is 2. The van der Waals surface area contributed by atoms with Crippen LogP contribution in [0.5, 0.6) is 5.75 Å². The van der Waals surface area contributed by atoms with Crippen LogP contribution >= 0.6 is 12.2 Å². The summed E-state index contributed by atoms with van der Waals surface area (Å²) in [4.78, 5) is 25.6. The Morgan fingerprint density at radius 2 is 1.76 bits per heavy atom. The number of benzene rings is 2. The summed E-state index contributed by atoms with van der Waals surface area (Å²) < 4.78 is 5.76. The molecule has 0 fully saturated rings. The molecule has 2 rings (SSSR count). The second-order valence-electron chi connectivity index (χ2n) is 6.58. The first-order chi connectivity index (χ1) is 13.9. The number of unbranched alkanes of at least 4 members (excludes halogenated alkanes) is 2. The molecule has 154 valence electrons. The van der Waals surface area contributed by atoms with Crippen molar-refractivity contribution in [1.29, 1.82) is 0 Å². The molecule has 0 aliphatic heterocycles. The van der Waals surface area contributed by atoms with Crippen molar-refractivity contribution in [3.05, 3.63) is 54.1 Å². The summed E-state index contributed by atoms with van der Waals surface area (Å²) in [5.74, 6) is 0.158. The van der Waals surface area contributed by atoms with E-state index in [9.17, 15) is 9.59 Å². The first-order valence-corrected chi connectivity index (χ1v) is 10.0. The van der Waals surface area contributed by atoms with E-state index >= 15 is 0 Å². The number of nitrogens with one attached hydrogen (secondary N) is 2. The zero-order valence-corrected chi connectivity index (χ0v) is 17.8. The highest BCUT2D eigenvalue weighted by Gasteiger charge is 2.14. The van der Waals surface area contributed by atoms with Crippen LogP contribution in [0.25, 0.3) is 0 Å². The number of thiocarbonyl (C=S) groups is 1. The molecule has 2 aromatic rings. The Bertz CT molecular complexity index is 853. The normalized spacial score (nSPS) is 10.2. The SMILES string of the molecule is CCCCCOc1ccccc1C(=O)NC(=S)Nc1ccc(N(C)C(C)=O)cc1. The minimum Gasteiger partial charge on any atom is -0.493 e. The van der Waals surface area contributed by atoms with E-state index in [0.29, 0.717) is 23.6 Å². The monoisotopic (exact) mass is 413 g/mol. The Morgan fingerprint density at radius 1 is 1.07 bits per heavy atom. The first kappa shape index (κ1) is 22.4. The van der Waals surface area contributed by atoms with Crippen LogP contribution in [-0.4, -0.2) is 30.6 Å². The number of ether oxygens (including phenoxy) is 1. The molecule has 0 unspecified atom stereocenters. The summed E-state index contributed by atoms with van der Waals surface area (Å²) in [5.41, 5.74) is 1.92. The van der Waals surface area contributed by atoms with Gasteiger partial charge in [-0.1, -0.05) is 31.9 Å². The van der Waals surface area contributed by atoms with Gasteiger partial charge in [-0.3, -0.25) is 14.9 Å². The lowest BCUT2D eigenvalue weighted by Crippen LogP contribution is -2.34. The molecule has 0 atom stereocenters. The maximum Gasteiger partial charge on any atom is 0.261 e. The molecular formula is C22H27N3O3S. The van der Waals surface area contributed by atoms with E-state index in [1.807, 2.05) is 6.07 Å². The lowest BCUT2D eigenvalue weighted by molar-refractivity contribution is -0.116. The predicted molar refractivity (Wildman–Crippen MR) is 121 cm³/mol. The molecule has 0 saturated heterocycles. The van der Waals surface area contributed by atoms with Gasteiger partial charge in [0.2, 0.25) is 5.91 Å². The lowest BCUT2D eigenvalue weighted by atomic mass is 10.2. The van der Waals surface area contributed by atoms with Crippen LogP contribution in [0.3, 0.4) is 0 Å². The van der Waals surface area contributed by atoms with Crippen molar-refractivity contribution in [2.45, 2.75) is 33.1 Å². The molecule has 0 spiro atoms. The van der Waals surface area contributed by atoms with Crippen molar-refractivity contribution >= 4 is 40.5 Å². The van der Waals surface area contributed by atoms with E-state index in [1.165, 1.54) is 6.92 Å². The van der Waals surface area contributed by atoms with Gasteiger partial charge in [0.15, 0.2) is 5.11 Å². The summed E-state index contributed by atoms with van der Waals surface area (Å²) in [6.45, 7) is 4.20. The van der Waals surface area contributed by atoms with Gasteiger partial charge in [0.05, 0.1) is 12.2 Å². The molecule has 0 aromatic heterocycles. The molecule has 29 heavy (non-hydrogen) atoms. The molecule has 0 heterocycles. The Hall–Kier alpha value is -2.93. The summed E-state index contributed by atoms with van der Waals surface area (Å²) in [6.07, 6.45) is 3.14. The molecule has 0 aliphatic carbocycles. The van der Waals surface area contributed by atoms with Crippen molar-refractivity contribution in [2.75, 3.05) is 23.9 Å². The highest BCUT2D eigenvalue weighted by molar-refractivity contribution is 7.80. The standard InChI is InChI=1S/C22H27N3O3S/c1-4-5-8-15-28-20-10-7-6-9-19(20)21(27)24-22(29)23-17-11-13-18(14-12-17)25(3)16(2)26/h6-7,9-14H,4-5,8,15H2,1-3H3,(H2,23,24,27,29). The number of nitrogens with zero attached hydrogens (tertiary/aromatic N) is 1. The highest BCUT2D eigenvalue weighted by Crippen LogP contribution is 2.19. The molecule has 2 N–H and O–H groups in total. The van der Waals surface area contributed by atoms with E-state index in [-0.39, 0.29) is 16.9 Å². The molecule has 6 nitrogen and oxygen atoms in total. The van der Waals surface area contributed by atoms with Crippen LogP contribution in [0.15, 0.2) is 48.5 Å². The van der Waals surface area contributed by atoms with Gasteiger partial charge in [0, 0.05) is 25.3 Å². The minimum atomic E-state index is -0.332. The van der Waals surface area contributed by atoms with Gasteiger partial charge in [-0.25, -0.2) is 0 Å². The summed E-state index contributed by atoms with van der Waals surface area (Å²) in [5, 5.41) is 5.84. The molecule has 0 bridgehead atoms. The quantitative estimate of drug-likeness (QED) is 0.497. The first-order valence-electron chi connectivity index (χ1n) is 9.61. The zero-order chi connectivity index (χ0) is 21.2. The fourth-order valence-corrected chi connectivity index (χ4v) is 2.81. The Balaban J connectivity index is 1.95. The third-order valence-electron chi connectivity index (χ3n) is 4.35. The second-order valence-corrected chi connectivity index (χ2v) is 6.99. The van der Waals surface area contributed by atoms with Crippen molar-refractivity contribution in [2.24, 2.45) is 0 Å². The maximum atomic E-state index is 12.6. The van der Waals surface area contributed by atoms with Gasteiger partial charge >= 0.3 is 0 Å². The van der Waals surface area contributed by atoms with Crippen LogP contribution in [0, 0.1) is 0 Å². The fraction of sp³-hybridized carbons (Fsp3) is 0.318. The topological polar surface area (TPSA) is 70.7 Å². The van der Waals surface area contributed by atoms with Crippen molar-refractivity contribution in [3.8, 4) is 5.75 Å². The Morgan fingerprint density at radius 3 is 2.41 bits per heavy atom. The van der Waals surface area contributed by atoms with Gasteiger partial charge in [-0.2, -0.15) is 0 Å². The number of hydrogen-bond acceptors (Lipinski definition) is 4. The summed E-state index contributed by atoms with van der Waals surface area (Å²) >= 11 is 5.26. The van der Waals surface area contributed by atoms with E-state index in [4.69, 9.17) is 17.0 Å². The van der Waals surface area contributed by atoms with Crippen LogP contribution in [0.4, 0.5) is 11.4 Å². The lowest BCUT2D eigenvalue weighted by Gasteiger charge is -2.16. The molecule has 7 heteroatoms. The number of carbonyl (C=O) groups is 2. The fourth-order valence-electron chi connectivity index (χ4n) is 2.60. The molecular weight excluding hydrogens is 386 g/mol. The number of hydrogen-bond donors (Lipinski definition) is 2. The Kier molecular flexibility index (Phi) is 8.61. The second kappa shape index (κ2) is 11.2. The van der Waals surface area contributed by atoms with Crippen LogP contribution < -0.4 is 20.3 Å². The highest BCUT2D eigenvalue weighted by atomic mass is 32.1. The zero-order valence-electron chi connectivity index (χ0n) is 17.0. The number of rotatable bonds is 8. The Labute approximate surface area is 177 Å². The van der Waals surface area contributed by atoms with Gasteiger partial charge in [0.25, 0.3) is 5.91 Å². The third-order valence-corrected chi connectivity index (χ3v) is 4.55. The smallest absolute Gasteiger partial charge is 0.261 e. The molecule has 0 aliphatic rings. The molecule has 0 radical (unpaired) electrons. The number of amides is 2. The molecule has 2 aromatic carbocycles. The number of carbonyl (C=O) groups excluding carboxylic acids is 2. The van der Waals surface area contributed by atoms with E-state index in [1.54, 1.807) is 54.4 Å². The van der Waals surface area contributed by atoms with E-state index in [2.05, 4.69) is 17.6 Å². The van der Waals surface area contributed by atoms with E-state index < -0.39 is 0 Å². The van der Waals surface area contributed by atoms with Crippen LogP contribution in [0.2, 0.25) is 0 Å². The minimum absolute atomic E-state index is 0.0518. The largest absolute Gasteiger partial charge is 0.493 e. The van der Waals surface area contributed by atoms with Crippen LogP contribution in [0.1, 0.15) is 43.5 Å². The molecule has 0 saturated carbocycles. The van der Waals surface area contributed by atoms with Gasteiger partial charge in [-0.05, 0) is 55.0 Å². The van der Waals surface area contributed by atoms with Crippen molar-refractivity contribution in [3.63, 3.8) is 0 Å². The average molecular weight is 414 g/mol. The van der Waals surface area contributed by atoms with Crippen molar-refractivity contribution < 1.29 is 14.3 Å². The number of para-hydroxylation sites is 1. The maximum absolute atomic E-state index is 12.6. The average Bonchev–Trinajstić information content (AvgIpc) is 2.71. The summed E-state index contributed by atoms with van der Waals surface area (Å²) in [7, 11) is 1.71. The van der Waals surface area contributed by atoms with Gasteiger partial charge in [-0.15, -0.1) is 0 Å². The van der Waals surface area contributed by atoms with Crippen LogP contribution in [-0.2, 0) is 4.79 Å². The molecule has 2 amide bonds. The third kappa shape index (κ3) is 6.87. The van der Waals surface area contributed by atoms with Crippen molar-refractivity contribution in [1.82, 2.24) is 5.32 Å². The van der Waals surface area contributed by atoms with Gasteiger partial charge < -0.3 is 15.0 Å². The predicted octanol–water partition coefficient (Wildman–Crippen LogP) is 4.37. The summed E-state index contributed by atoms with van der Waals surface area (Å²) in [6, 6.07) is 14.3.